The molecule has 50 heavy (non-hydrogen) atoms. The van der Waals surface area contributed by atoms with Crippen molar-refractivity contribution >= 4 is 21.7 Å². The highest BCUT2D eigenvalue weighted by molar-refractivity contribution is 6.18. The summed E-state index contributed by atoms with van der Waals surface area (Å²) in [6, 6.07) is 65.5. The number of nitrogens with zero attached hydrogens (tertiary/aromatic N) is 3. The first-order valence-corrected chi connectivity index (χ1v) is 16.9. The minimum atomic E-state index is 0.638. The monoisotopic (exact) mass is 637 g/mol. The van der Waals surface area contributed by atoms with Crippen LogP contribution in [-0.2, 0) is 0 Å². The predicted octanol–water partition coefficient (Wildman–Crippen LogP) is 12.2. The van der Waals surface area contributed by atoms with Crippen LogP contribution in [0, 0.1) is 0 Å². The molecule has 0 aliphatic carbocycles. The van der Waals surface area contributed by atoms with E-state index in [2.05, 4.69) is 170 Å². The Morgan fingerprint density at radius 3 is 1.46 bits per heavy atom. The van der Waals surface area contributed by atoms with E-state index >= 15 is 0 Å². The van der Waals surface area contributed by atoms with Gasteiger partial charge in [-0.05, 0) is 57.3 Å². The van der Waals surface area contributed by atoms with Gasteiger partial charge in [-0.25, -0.2) is 15.0 Å². The Morgan fingerprint density at radius 1 is 0.300 bits per heavy atom. The summed E-state index contributed by atoms with van der Waals surface area (Å²) in [7, 11) is 0. The van der Waals surface area contributed by atoms with Gasteiger partial charge in [0.15, 0.2) is 5.82 Å². The maximum absolute atomic E-state index is 5.44. The average Bonchev–Trinajstić information content (AvgIpc) is 3.21. The predicted molar refractivity (Wildman–Crippen MR) is 207 cm³/mol. The zero-order valence-electron chi connectivity index (χ0n) is 27.2. The van der Waals surface area contributed by atoms with Gasteiger partial charge in [0.25, 0.3) is 0 Å². The fourth-order valence-corrected chi connectivity index (χ4v) is 6.82. The minimum Gasteiger partial charge on any atom is -0.247 e. The molecule has 2 heterocycles. The SMILES string of the molecule is c1ccc(-c2cccc(-c3cc(-c4ccccc4)nc(-c4cc5ccccc5c5c(-c6ccccc6)cc(-c6ccccc6)nc45)n3)c2)cc1. The lowest BCUT2D eigenvalue weighted by Gasteiger charge is -2.17. The highest BCUT2D eigenvalue weighted by Gasteiger charge is 2.20. The van der Waals surface area contributed by atoms with Crippen molar-refractivity contribution < 1.29 is 0 Å². The number of hydrogen-bond donors (Lipinski definition) is 0. The van der Waals surface area contributed by atoms with Crippen LogP contribution in [-0.4, -0.2) is 15.0 Å². The Kier molecular flexibility index (Phi) is 7.49. The summed E-state index contributed by atoms with van der Waals surface area (Å²) in [5, 5.41) is 3.35. The van der Waals surface area contributed by atoms with Gasteiger partial charge in [-0.3, -0.25) is 0 Å². The standard InChI is InChI=1S/C47H31N3/c1-5-16-32(17-6-1)36-25-15-26-38(28-36)44-31-43(35-22-11-4-12-23-35)49-47(50-44)41-29-37-24-13-14-27-39(37)45-40(33-18-7-2-8-19-33)30-42(48-46(41)45)34-20-9-3-10-21-34/h1-31H. The number of benzene rings is 7. The topological polar surface area (TPSA) is 38.7 Å². The summed E-state index contributed by atoms with van der Waals surface area (Å²) >= 11 is 0. The molecule has 0 aliphatic heterocycles. The summed E-state index contributed by atoms with van der Waals surface area (Å²) in [5.74, 6) is 0.638. The third-order valence-corrected chi connectivity index (χ3v) is 9.26. The molecule has 0 spiro atoms. The van der Waals surface area contributed by atoms with Crippen LogP contribution in [0.2, 0.25) is 0 Å². The van der Waals surface area contributed by atoms with Gasteiger partial charge < -0.3 is 0 Å². The number of aromatic nitrogens is 3. The molecule has 234 valence electrons. The van der Waals surface area contributed by atoms with E-state index in [0.717, 1.165) is 77.7 Å². The number of hydrogen-bond acceptors (Lipinski definition) is 3. The molecule has 9 rings (SSSR count). The van der Waals surface area contributed by atoms with E-state index in [-0.39, 0.29) is 0 Å². The quantitative estimate of drug-likeness (QED) is 0.170. The van der Waals surface area contributed by atoms with E-state index in [1.54, 1.807) is 0 Å². The highest BCUT2D eigenvalue weighted by atomic mass is 14.9. The van der Waals surface area contributed by atoms with E-state index in [0.29, 0.717) is 5.82 Å². The highest BCUT2D eigenvalue weighted by Crippen LogP contribution is 2.41. The van der Waals surface area contributed by atoms with Crippen molar-refractivity contribution in [3.63, 3.8) is 0 Å². The Morgan fingerprint density at radius 2 is 0.800 bits per heavy atom. The molecule has 0 unspecified atom stereocenters. The summed E-state index contributed by atoms with van der Waals surface area (Å²) in [6.45, 7) is 0. The van der Waals surface area contributed by atoms with Crippen LogP contribution in [0.5, 0.6) is 0 Å². The first-order chi connectivity index (χ1) is 24.8. The maximum Gasteiger partial charge on any atom is 0.162 e. The number of fused-ring (bicyclic) bond motifs is 3. The minimum absolute atomic E-state index is 0.638. The lowest BCUT2D eigenvalue weighted by molar-refractivity contribution is 1.18. The Bertz CT molecular complexity index is 2620. The Hall–Kier alpha value is -6.71. The second-order valence-corrected chi connectivity index (χ2v) is 12.4. The summed E-state index contributed by atoms with van der Waals surface area (Å²) in [4.78, 5) is 16.1. The third kappa shape index (κ3) is 5.51. The molecule has 0 saturated carbocycles. The molecule has 9 aromatic rings. The van der Waals surface area contributed by atoms with Crippen molar-refractivity contribution in [2.45, 2.75) is 0 Å². The fourth-order valence-electron chi connectivity index (χ4n) is 6.82. The smallest absolute Gasteiger partial charge is 0.162 e. The third-order valence-electron chi connectivity index (χ3n) is 9.26. The van der Waals surface area contributed by atoms with Gasteiger partial charge in [0.1, 0.15) is 0 Å². The molecular weight excluding hydrogens is 607 g/mol. The van der Waals surface area contributed by atoms with Crippen molar-refractivity contribution in [3.8, 4) is 67.4 Å². The van der Waals surface area contributed by atoms with Gasteiger partial charge in [-0.1, -0.05) is 164 Å². The first-order valence-electron chi connectivity index (χ1n) is 16.9. The lowest BCUT2D eigenvalue weighted by atomic mass is 9.92. The molecule has 3 heteroatoms. The molecule has 0 saturated heterocycles. The molecule has 0 atom stereocenters. The van der Waals surface area contributed by atoms with E-state index < -0.39 is 0 Å². The van der Waals surface area contributed by atoms with Gasteiger partial charge in [0, 0.05) is 27.6 Å². The van der Waals surface area contributed by atoms with Crippen LogP contribution < -0.4 is 0 Å². The lowest BCUT2D eigenvalue weighted by Crippen LogP contribution is -1.99. The van der Waals surface area contributed by atoms with E-state index in [1.807, 2.05) is 18.2 Å². The van der Waals surface area contributed by atoms with Crippen molar-refractivity contribution in [3.05, 3.63) is 188 Å². The van der Waals surface area contributed by atoms with Crippen molar-refractivity contribution in [1.29, 1.82) is 0 Å². The zero-order chi connectivity index (χ0) is 33.3. The molecule has 0 radical (unpaired) electrons. The fraction of sp³-hybridized carbons (Fsp3) is 0. The largest absolute Gasteiger partial charge is 0.247 e. The Balaban J connectivity index is 1.36. The molecule has 3 nitrogen and oxygen atoms in total. The maximum atomic E-state index is 5.44. The summed E-state index contributed by atoms with van der Waals surface area (Å²) in [5.41, 5.74) is 12.1. The van der Waals surface area contributed by atoms with Gasteiger partial charge >= 0.3 is 0 Å². The van der Waals surface area contributed by atoms with Crippen molar-refractivity contribution in [1.82, 2.24) is 15.0 Å². The number of rotatable bonds is 6. The molecule has 0 fully saturated rings. The van der Waals surface area contributed by atoms with Gasteiger partial charge in [0.05, 0.1) is 22.6 Å². The molecule has 0 amide bonds. The van der Waals surface area contributed by atoms with E-state index in [9.17, 15) is 0 Å². The molecule has 7 aromatic carbocycles. The average molecular weight is 638 g/mol. The van der Waals surface area contributed by atoms with Crippen molar-refractivity contribution in [2.75, 3.05) is 0 Å². The van der Waals surface area contributed by atoms with Crippen molar-refractivity contribution in [2.24, 2.45) is 0 Å². The van der Waals surface area contributed by atoms with Crippen LogP contribution in [0.3, 0.4) is 0 Å². The zero-order valence-corrected chi connectivity index (χ0v) is 27.2. The first kappa shape index (κ1) is 29.4. The van der Waals surface area contributed by atoms with Gasteiger partial charge in [-0.2, -0.15) is 0 Å². The van der Waals surface area contributed by atoms with Crippen LogP contribution >= 0.6 is 0 Å². The van der Waals surface area contributed by atoms with Crippen LogP contribution in [0.1, 0.15) is 0 Å². The van der Waals surface area contributed by atoms with Gasteiger partial charge in [0.2, 0.25) is 0 Å². The number of pyridine rings is 1. The molecule has 0 aliphatic rings. The summed E-state index contributed by atoms with van der Waals surface area (Å²) < 4.78 is 0. The summed E-state index contributed by atoms with van der Waals surface area (Å²) in [6.07, 6.45) is 0. The van der Waals surface area contributed by atoms with Crippen LogP contribution in [0.25, 0.3) is 89.1 Å². The second-order valence-electron chi connectivity index (χ2n) is 12.4. The normalized spacial score (nSPS) is 11.2. The van der Waals surface area contributed by atoms with Gasteiger partial charge in [-0.15, -0.1) is 0 Å². The van der Waals surface area contributed by atoms with Crippen LogP contribution in [0.15, 0.2) is 188 Å². The molecule has 2 aromatic heterocycles. The van der Waals surface area contributed by atoms with E-state index in [1.165, 1.54) is 5.56 Å². The van der Waals surface area contributed by atoms with E-state index in [4.69, 9.17) is 15.0 Å². The molecular formula is C47H31N3. The molecule has 0 N–H and O–H groups in total. The second kappa shape index (κ2) is 12.7. The Labute approximate surface area is 291 Å². The van der Waals surface area contributed by atoms with Crippen LogP contribution in [0.4, 0.5) is 0 Å². The molecule has 0 bridgehead atoms.